The zero-order valence-corrected chi connectivity index (χ0v) is 9.67. The average Bonchev–Trinajstić information content (AvgIpc) is 2.12. The molecule has 90 valence electrons. The average molecular weight is 229 g/mol. The summed E-state index contributed by atoms with van der Waals surface area (Å²) in [6, 6.07) is 2.26. The van der Waals surface area contributed by atoms with Crippen molar-refractivity contribution >= 4 is 0 Å². The van der Waals surface area contributed by atoms with Crippen molar-refractivity contribution < 1.29 is 13.9 Å². The van der Waals surface area contributed by atoms with Gasteiger partial charge in [-0.15, -0.1) is 0 Å². The summed E-state index contributed by atoms with van der Waals surface area (Å²) < 4.78 is 25.9. The molecule has 0 spiro atoms. The van der Waals surface area contributed by atoms with Gasteiger partial charge in [0.05, 0.1) is 12.1 Å². The van der Waals surface area contributed by atoms with E-state index in [0.717, 1.165) is 18.2 Å². The largest absolute Gasteiger partial charge is 0.391 e. The molecular formula is C12H17F2NO. The van der Waals surface area contributed by atoms with E-state index in [4.69, 9.17) is 5.73 Å². The predicted molar refractivity (Wildman–Crippen MR) is 58.7 cm³/mol. The van der Waals surface area contributed by atoms with E-state index in [1.807, 2.05) is 20.8 Å². The third-order valence-electron chi connectivity index (χ3n) is 2.50. The maximum absolute atomic E-state index is 13.0. The molecule has 4 heteroatoms. The molecule has 2 nitrogen and oxygen atoms in total. The molecule has 0 fully saturated rings. The molecule has 0 saturated heterocycles. The van der Waals surface area contributed by atoms with Crippen molar-refractivity contribution in [1.82, 2.24) is 0 Å². The summed E-state index contributed by atoms with van der Waals surface area (Å²) in [5, 5.41) is 9.92. The van der Waals surface area contributed by atoms with Crippen LogP contribution < -0.4 is 5.73 Å². The van der Waals surface area contributed by atoms with Crippen LogP contribution in [0.2, 0.25) is 0 Å². The third kappa shape index (κ3) is 3.00. The number of halogens is 2. The molecule has 2 atom stereocenters. The summed E-state index contributed by atoms with van der Waals surface area (Å²) in [4.78, 5) is 0. The molecule has 0 aliphatic carbocycles. The summed E-state index contributed by atoms with van der Waals surface area (Å²) in [7, 11) is 0. The van der Waals surface area contributed by atoms with Crippen molar-refractivity contribution in [2.24, 2.45) is 11.1 Å². The Labute approximate surface area is 94.1 Å². The second kappa shape index (κ2) is 4.47. The monoisotopic (exact) mass is 229 g/mol. The lowest BCUT2D eigenvalue weighted by atomic mass is 9.82. The first-order valence-electron chi connectivity index (χ1n) is 5.11. The van der Waals surface area contributed by atoms with Crippen LogP contribution in [-0.4, -0.2) is 11.2 Å². The second-order valence-electron chi connectivity index (χ2n) is 5.04. The maximum Gasteiger partial charge on any atom is 0.126 e. The van der Waals surface area contributed by atoms with Gasteiger partial charge in [-0.1, -0.05) is 20.8 Å². The molecule has 0 heterocycles. The smallest absolute Gasteiger partial charge is 0.126 e. The SMILES string of the molecule is CC(C)(C)[C@H](O)[C@H](N)c1cc(F)cc(F)c1. The van der Waals surface area contributed by atoms with E-state index in [-0.39, 0.29) is 5.56 Å². The second-order valence-corrected chi connectivity index (χ2v) is 5.04. The highest BCUT2D eigenvalue weighted by Crippen LogP contribution is 2.29. The molecule has 0 aromatic heterocycles. The van der Waals surface area contributed by atoms with Gasteiger partial charge >= 0.3 is 0 Å². The molecule has 0 saturated carbocycles. The Hall–Kier alpha value is -1.00. The van der Waals surface area contributed by atoms with Crippen LogP contribution in [0.15, 0.2) is 18.2 Å². The summed E-state index contributed by atoms with van der Waals surface area (Å²) in [5.74, 6) is -1.38. The Bertz CT molecular complexity index is 354. The van der Waals surface area contributed by atoms with Gasteiger partial charge in [-0.25, -0.2) is 8.78 Å². The first kappa shape index (κ1) is 13.1. The number of aliphatic hydroxyl groups excluding tert-OH is 1. The van der Waals surface area contributed by atoms with Crippen LogP contribution in [-0.2, 0) is 0 Å². The van der Waals surface area contributed by atoms with E-state index < -0.39 is 29.2 Å². The highest BCUT2D eigenvalue weighted by atomic mass is 19.1. The molecule has 0 amide bonds. The zero-order valence-electron chi connectivity index (χ0n) is 9.67. The van der Waals surface area contributed by atoms with Crippen molar-refractivity contribution in [3.63, 3.8) is 0 Å². The molecule has 1 aromatic carbocycles. The first-order valence-corrected chi connectivity index (χ1v) is 5.11. The Kier molecular flexibility index (Phi) is 3.65. The summed E-state index contributed by atoms with van der Waals surface area (Å²) in [5.41, 5.74) is 5.60. The Morgan fingerprint density at radius 3 is 1.94 bits per heavy atom. The minimum atomic E-state index is -0.867. The number of nitrogens with two attached hydrogens (primary N) is 1. The van der Waals surface area contributed by atoms with Crippen LogP contribution in [0.4, 0.5) is 8.78 Å². The van der Waals surface area contributed by atoms with Crippen molar-refractivity contribution in [2.45, 2.75) is 32.9 Å². The van der Waals surface area contributed by atoms with E-state index in [9.17, 15) is 13.9 Å². The summed E-state index contributed by atoms with van der Waals surface area (Å²) in [6.45, 7) is 5.44. The van der Waals surface area contributed by atoms with Gasteiger partial charge in [-0.05, 0) is 23.1 Å². The number of hydrogen-bond donors (Lipinski definition) is 2. The fourth-order valence-electron chi connectivity index (χ4n) is 1.49. The van der Waals surface area contributed by atoms with Crippen LogP contribution >= 0.6 is 0 Å². The van der Waals surface area contributed by atoms with Gasteiger partial charge in [0.1, 0.15) is 11.6 Å². The predicted octanol–water partition coefficient (Wildman–Crippen LogP) is 2.37. The van der Waals surface area contributed by atoms with E-state index in [2.05, 4.69) is 0 Å². The van der Waals surface area contributed by atoms with E-state index >= 15 is 0 Å². The topological polar surface area (TPSA) is 46.2 Å². The van der Waals surface area contributed by atoms with Crippen LogP contribution in [0.3, 0.4) is 0 Å². The lowest BCUT2D eigenvalue weighted by Crippen LogP contribution is -2.37. The van der Waals surface area contributed by atoms with Gasteiger partial charge in [0.2, 0.25) is 0 Å². The molecule has 0 aliphatic rings. The van der Waals surface area contributed by atoms with Crippen molar-refractivity contribution in [3.05, 3.63) is 35.4 Å². The minimum Gasteiger partial charge on any atom is -0.391 e. The molecule has 16 heavy (non-hydrogen) atoms. The Balaban J connectivity index is 3.00. The molecule has 0 radical (unpaired) electrons. The number of rotatable bonds is 2. The van der Waals surface area contributed by atoms with Gasteiger partial charge in [0, 0.05) is 6.07 Å². The third-order valence-corrected chi connectivity index (χ3v) is 2.50. The van der Waals surface area contributed by atoms with Gasteiger partial charge in [-0.3, -0.25) is 0 Å². The van der Waals surface area contributed by atoms with Crippen molar-refractivity contribution in [1.29, 1.82) is 0 Å². The Morgan fingerprint density at radius 2 is 1.56 bits per heavy atom. The first-order chi connectivity index (χ1) is 7.21. The number of benzene rings is 1. The molecule has 1 aromatic rings. The highest BCUT2D eigenvalue weighted by Gasteiger charge is 2.29. The molecule has 1 rings (SSSR count). The van der Waals surface area contributed by atoms with Crippen molar-refractivity contribution in [2.75, 3.05) is 0 Å². The highest BCUT2D eigenvalue weighted by molar-refractivity contribution is 5.22. The Morgan fingerprint density at radius 1 is 1.12 bits per heavy atom. The van der Waals surface area contributed by atoms with Crippen LogP contribution in [0.1, 0.15) is 32.4 Å². The lowest BCUT2D eigenvalue weighted by Gasteiger charge is -2.31. The van der Waals surface area contributed by atoms with Crippen LogP contribution in [0.5, 0.6) is 0 Å². The quantitative estimate of drug-likeness (QED) is 0.817. The fraction of sp³-hybridized carbons (Fsp3) is 0.500. The molecule has 3 N–H and O–H groups in total. The van der Waals surface area contributed by atoms with Crippen LogP contribution in [0.25, 0.3) is 0 Å². The standard InChI is InChI=1S/C12H17F2NO/c1-12(2,3)11(16)10(15)7-4-8(13)6-9(14)5-7/h4-6,10-11,16H,15H2,1-3H3/t10-,11-/m1/s1. The van der Waals surface area contributed by atoms with E-state index in [1.54, 1.807) is 0 Å². The normalized spacial score (nSPS) is 15.9. The number of aliphatic hydroxyl groups is 1. The fourth-order valence-corrected chi connectivity index (χ4v) is 1.49. The van der Waals surface area contributed by atoms with E-state index in [0.29, 0.717) is 0 Å². The summed E-state index contributed by atoms with van der Waals surface area (Å²) >= 11 is 0. The van der Waals surface area contributed by atoms with Gasteiger partial charge in [0.25, 0.3) is 0 Å². The number of hydrogen-bond acceptors (Lipinski definition) is 2. The van der Waals surface area contributed by atoms with Gasteiger partial charge < -0.3 is 10.8 Å². The van der Waals surface area contributed by atoms with E-state index in [1.165, 1.54) is 0 Å². The van der Waals surface area contributed by atoms with Gasteiger partial charge in [-0.2, -0.15) is 0 Å². The minimum absolute atomic E-state index is 0.264. The molecule has 0 aliphatic heterocycles. The lowest BCUT2D eigenvalue weighted by molar-refractivity contribution is 0.0399. The zero-order chi connectivity index (χ0) is 12.5. The maximum atomic E-state index is 13.0. The molecule has 0 unspecified atom stereocenters. The summed E-state index contributed by atoms with van der Waals surface area (Å²) in [6.07, 6.45) is -0.867. The van der Waals surface area contributed by atoms with Crippen LogP contribution in [0, 0.1) is 17.0 Å². The van der Waals surface area contributed by atoms with Gasteiger partial charge in [0.15, 0.2) is 0 Å². The molecular weight excluding hydrogens is 212 g/mol. The van der Waals surface area contributed by atoms with Crippen molar-refractivity contribution in [3.8, 4) is 0 Å². The molecule has 0 bridgehead atoms.